The first-order valence-corrected chi connectivity index (χ1v) is 7.58. The molecule has 2 N–H and O–H groups in total. The summed E-state index contributed by atoms with van der Waals surface area (Å²) in [6.07, 6.45) is 8.76. The molecule has 1 aliphatic rings. The Morgan fingerprint density at radius 3 is 2.29 bits per heavy atom. The van der Waals surface area contributed by atoms with Gasteiger partial charge in [-0.25, -0.2) is 0 Å². The molecule has 2 heteroatoms. The Morgan fingerprint density at radius 2 is 1.82 bits per heavy atom. The predicted octanol–water partition coefficient (Wildman–Crippen LogP) is 3.34. The van der Waals surface area contributed by atoms with E-state index < -0.39 is 0 Å². The Morgan fingerprint density at radius 1 is 1.18 bits per heavy atom. The second-order valence-corrected chi connectivity index (χ2v) is 5.85. The maximum Gasteiger partial charge on any atom is 0.0459 e. The first-order chi connectivity index (χ1) is 8.21. The summed E-state index contributed by atoms with van der Waals surface area (Å²) in [6.45, 7) is 7.33. The van der Waals surface area contributed by atoms with Crippen molar-refractivity contribution in [2.75, 3.05) is 6.61 Å². The SMILES string of the molecule is CCCC(C)C(CC)NC1CCC(CO)CC1. The molecule has 0 radical (unpaired) electrons. The standard InChI is InChI=1S/C15H31NO/c1-4-6-12(3)15(5-2)16-14-9-7-13(11-17)8-10-14/h12-17H,4-11H2,1-3H3. The number of aliphatic hydroxyl groups excluding tert-OH is 1. The van der Waals surface area contributed by atoms with Crippen molar-refractivity contribution in [3.63, 3.8) is 0 Å². The summed E-state index contributed by atoms with van der Waals surface area (Å²) < 4.78 is 0. The number of hydrogen-bond donors (Lipinski definition) is 2. The van der Waals surface area contributed by atoms with Gasteiger partial charge >= 0.3 is 0 Å². The van der Waals surface area contributed by atoms with Crippen LogP contribution < -0.4 is 5.32 Å². The smallest absolute Gasteiger partial charge is 0.0459 e. The Kier molecular flexibility index (Phi) is 7.14. The number of aliphatic hydroxyl groups is 1. The minimum Gasteiger partial charge on any atom is -0.396 e. The van der Waals surface area contributed by atoms with Gasteiger partial charge in [0.25, 0.3) is 0 Å². The van der Waals surface area contributed by atoms with Crippen molar-refractivity contribution >= 4 is 0 Å². The largest absolute Gasteiger partial charge is 0.396 e. The van der Waals surface area contributed by atoms with E-state index in [-0.39, 0.29) is 0 Å². The highest BCUT2D eigenvalue weighted by atomic mass is 16.3. The lowest BCUT2D eigenvalue weighted by Gasteiger charge is -2.33. The molecule has 0 aromatic carbocycles. The monoisotopic (exact) mass is 241 g/mol. The summed E-state index contributed by atoms with van der Waals surface area (Å²) in [6, 6.07) is 1.38. The van der Waals surface area contributed by atoms with Gasteiger partial charge < -0.3 is 10.4 Å². The maximum absolute atomic E-state index is 9.14. The van der Waals surface area contributed by atoms with Crippen molar-refractivity contribution in [1.29, 1.82) is 0 Å². The summed E-state index contributed by atoms with van der Waals surface area (Å²) >= 11 is 0. The molecule has 0 heterocycles. The fourth-order valence-electron chi connectivity index (χ4n) is 3.16. The molecule has 0 aromatic heterocycles. The van der Waals surface area contributed by atoms with Crippen molar-refractivity contribution in [2.24, 2.45) is 11.8 Å². The van der Waals surface area contributed by atoms with E-state index in [4.69, 9.17) is 5.11 Å². The van der Waals surface area contributed by atoms with Crippen LogP contribution in [-0.2, 0) is 0 Å². The molecule has 2 nitrogen and oxygen atoms in total. The fourth-order valence-corrected chi connectivity index (χ4v) is 3.16. The third kappa shape index (κ3) is 4.97. The van der Waals surface area contributed by atoms with Crippen molar-refractivity contribution in [3.8, 4) is 0 Å². The molecule has 17 heavy (non-hydrogen) atoms. The summed E-state index contributed by atoms with van der Waals surface area (Å²) in [5, 5.41) is 13.0. The predicted molar refractivity (Wildman–Crippen MR) is 74.1 cm³/mol. The van der Waals surface area contributed by atoms with Gasteiger partial charge in [-0.1, -0.05) is 27.2 Å². The molecule has 1 saturated carbocycles. The first-order valence-electron chi connectivity index (χ1n) is 7.58. The van der Waals surface area contributed by atoms with Crippen LogP contribution in [0.2, 0.25) is 0 Å². The molecule has 1 aliphatic carbocycles. The van der Waals surface area contributed by atoms with E-state index >= 15 is 0 Å². The Hall–Kier alpha value is -0.0800. The fraction of sp³-hybridized carbons (Fsp3) is 1.00. The van der Waals surface area contributed by atoms with Gasteiger partial charge in [-0.05, 0) is 50.4 Å². The lowest BCUT2D eigenvalue weighted by molar-refractivity contribution is 0.166. The van der Waals surface area contributed by atoms with E-state index in [0.717, 1.165) is 5.92 Å². The van der Waals surface area contributed by atoms with Crippen LogP contribution in [0.15, 0.2) is 0 Å². The minimum atomic E-state index is 0.385. The zero-order valence-corrected chi connectivity index (χ0v) is 11.9. The van der Waals surface area contributed by atoms with Gasteiger partial charge in [-0.15, -0.1) is 0 Å². The Balaban J connectivity index is 2.31. The minimum absolute atomic E-state index is 0.385. The van der Waals surface area contributed by atoms with Crippen LogP contribution in [-0.4, -0.2) is 23.8 Å². The molecular formula is C15H31NO. The van der Waals surface area contributed by atoms with Gasteiger partial charge in [0, 0.05) is 18.7 Å². The first kappa shape index (κ1) is 15.0. The lowest BCUT2D eigenvalue weighted by Crippen LogP contribution is -2.43. The van der Waals surface area contributed by atoms with Gasteiger partial charge in [0.05, 0.1) is 0 Å². The summed E-state index contributed by atoms with van der Waals surface area (Å²) in [7, 11) is 0. The lowest BCUT2D eigenvalue weighted by atomic mass is 9.85. The molecule has 1 rings (SSSR count). The molecule has 2 unspecified atom stereocenters. The average molecular weight is 241 g/mol. The van der Waals surface area contributed by atoms with Crippen LogP contribution in [0.4, 0.5) is 0 Å². The normalized spacial score (nSPS) is 28.9. The third-order valence-electron chi connectivity index (χ3n) is 4.43. The average Bonchev–Trinajstić information content (AvgIpc) is 2.37. The molecule has 0 amide bonds. The third-order valence-corrected chi connectivity index (χ3v) is 4.43. The second kappa shape index (κ2) is 8.10. The molecule has 0 aromatic rings. The zero-order valence-electron chi connectivity index (χ0n) is 11.9. The molecule has 1 fully saturated rings. The van der Waals surface area contributed by atoms with E-state index in [1.807, 2.05) is 0 Å². The topological polar surface area (TPSA) is 32.3 Å². The second-order valence-electron chi connectivity index (χ2n) is 5.85. The highest BCUT2D eigenvalue weighted by Crippen LogP contribution is 2.25. The maximum atomic E-state index is 9.14. The molecule has 0 bridgehead atoms. The van der Waals surface area contributed by atoms with Crippen LogP contribution in [0, 0.1) is 11.8 Å². The molecule has 2 atom stereocenters. The van der Waals surface area contributed by atoms with Crippen molar-refractivity contribution < 1.29 is 5.11 Å². The molecule has 0 saturated heterocycles. The van der Waals surface area contributed by atoms with E-state index in [1.165, 1.54) is 44.9 Å². The van der Waals surface area contributed by atoms with Crippen LogP contribution in [0.3, 0.4) is 0 Å². The number of nitrogens with one attached hydrogen (secondary N) is 1. The van der Waals surface area contributed by atoms with Crippen molar-refractivity contribution in [2.45, 2.75) is 77.8 Å². The molecular weight excluding hydrogens is 210 g/mol. The van der Waals surface area contributed by atoms with Gasteiger partial charge in [-0.2, -0.15) is 0 Å². The van der Waals surface area contributed by atoms with Crippen LogP contribution in [0.25, 0.3) is 0 Å². The van der Waals surface area contributed by atoms with Gasteiger partial charge in [0.1, 0.15) is 0 Å². The highest BCUT2D eigenvalue weighted by molar-refractivity contribution is 4.82. The van der Waals surface area contributed by atoms with Gasteiger partial charge in [-0.3, -0.25) is 0 Å². The van der Waals surface area contributed by atoms with E-state index in [1.54, 1.807) is 0 Å². The number of rotatable bonds is 7. The van der Waals surface area contributed by atoms with E-state index in [2.05, 4.69) is 26.1 Å². The summed E-state index contributed by atoms with van der Waals surface area (Å²) in [4.78, 5) is 0. The Labute approximate surface area is 107 Å². The van der Waals surface area contributed by atoms with Gasteiger partial charge in [0.2, 0.25) is 0 Å². The van der Waals surface area contributed by atoms with Crippen molar-refractivity contribution in [1.82, 2.24) is 5.32 Å². The number of hydrogen-bond acceptors (Lipinski definition) is 2. The molecule has 0 aliphatic heterocycles. The Bertz CT molecular complexity index is 187. The van der Waals surface area contributed by atoms with Crippen LogP contribution >= 0.6 is 0 Å². The van der Waals surface area contributed by atoms with E-state index in [9.17, 15) is 0 Å². The van der Waals surface area contributed by atoms with Crippen molar-refractivity contribution in [3.05, 3.63) is 0 Å². The summed E-state index contributed by atoms with van der Waals surface area (Å²) in [5.41, 5.74) is 0. The zero-order chi connectivity index (χ0) is 12.7. The summed E-state index contributed by atoms with van der Waals surface area (Å²) in [5.74, 6) is 1.36. The molecule has 0 spiro atoms. The molecule has 102 valence electrons. The van der Waals surface area contributed by atoms with Crippen LogP contribution in [0.5, 0.6) is 0 Å². The highest BCUT2D eigenvalue weighted by Gasteiger charge is 2.24. The van der Waals surface area contributed by atoms with Gasteiger partial charge in [0.15, 0.2) is 0 Å². The van der Waals surface area contributed by atoms with E-state index in [0.29, 0.717) is 24.6 Å². The quantitative estimate of drug-likeness (QED) is 0.716. The van der Waals surface area contributed by atoms with Crippen LogP contribution in [0.1, 0.15) is 65.7 Å².